The van der Waals surface area contributed by atoms with E-state index in [4.69, 9.17) is 10.5 Å². The van der Waals surface area contributed by atoms with Gasteiger partial charge in [0.25, 0.3) is 0 Å². The van der Waals surface area contributed by atoms with E-state index >= 15 is 0 Å². The molecule has 1 aliphatic rings. The Morgan fingerprint density at radius 3 is 2.62 bits per heavy atom. The van der Waals surface area contributed by atoms with Crippen LogP contribution in [0.25, 0.3) is 0 Å². The Labute approximate surface area is 97.8 Å². The average Bonchev–Trinajstić information content (AvgIpc) is 2.17. The third kappa shape index (κ3) is 2.38. The minimum Gasteiger partial charge on any atom is -0.493 e. The standard InChI is InChI=1S/C14H21NO/c1-10-6-11(2)14(13(7-10)8-15)16-9-12-4-3-5-12/h6-7,12H,3-5,8-9,15H2,1-2H3. The second kappa shape index (κ2) is 4.88. The van der Waals surface area contributed by atoms with Crippen molar-refractivity contribution in [2.45, 2.75) is 39.7 Å². The van der Waals surface area contributed by atoms with Crippen LogP contribution >= 0.6 is 0 Å². The molecule has 2 N–H and O–H groups in total. The quantitative estimate of drug-likeness (QED) is 0.845. The van der Waals surface area contributed by atoms with Gasteiger partial charge in [-0.25, -0.2) is 0 Å². The van der Waals surface area contributed by atoms with E-state index in [9.17, 15) is 0 Å². The van der Waals surface area contributed by atoms with E-state index in [0.717, 1.165) is 23.8 Å². The zero-order valence-corrected chi connectivity index (χ0v) is 10.3. The zero-order valence-electron chi connectivity index (χ0n) is 10.3. The van der Waals surface area contributed by atoms with Gasteiger partial charge in [-0.1, -0.05) is 24.1 Å². The maximum absolute atomic E-state index is 5.94. The normalized spacial score (nSPS) is 15.9. The lowest BCUT2D eigenvalue weighted by Crippen LogP contribution is -2.20. The fourth-order valence-electron chi connectivity index (χ4n) is 2.26. The van der Waals surface area contributed by atoms with Crippen LogP contribution in [-0.2, 0) is 6.54 Å². The molecule has 0 unspecified atom stereocenters. The van der Waals surface area contributed by atoms with Crippen molar-refractivity contribution < 1.29 is 4.74 Å². The van der Waals surface area contributed by atoms with Gasteiger partial charge in [-0.3, -0.25) is 0 Å². The molecule has 0 heterocycles. The summed E-state index contributed by atoms with van der Waals surface area (Å²) in [5, 5.41) is 0. The van der Waals surface area contributed by atoms with Gasteiger partial charge in [0, 0.05) is 12.1 Å². The largest absolute Gasteiger partial charge is 0.493 e. The molecule has 88 valence electrons. The van der Waals surface area contributed by atoms with Gasteiger partial charge in [-0.05, 0) is 38.2 Å². The molecule has 2 rings (SSSR count). The molecule has 0 aliphatic heterocycles. The summed E-state index contributed by atoms with van der Waals surface area (Å²) in [5.41, 5.74) is 9.36. The third-order valence-corrected chi connectivity index (χ3v) is 3.40. The Morgan fingerprint density at radius 2 is 2.06 bits per heavy atom. The highest BCUT2D eigenvalue weighted by molar-refractivity contribution is 5.43. The molecule has 0 bridgehead atoms. The van der Waals surface area contributed by atoms with Crippen LogP contribution in [-0.4, -0.2) is 6.61 Å². The summed E-state index contributed by atoms with van der Waals surface area (Å²) in [5.74, 6) is 1.78. The fourth-order valence-corrected chi connectivity index (χ4v) is 2.26. The zero-order chi connectivity index (χ0) is 11.5. The first-order valence-corrected chi connectivity index (χ1v) is 6.13. The molecule has 0 radical (unpaired) electrons. The average molecular weight is 219 g/mol. The van der Waals surface area contributed by atoms with E-state index in [1.807, 2.05) is 0 Å². The first kappa shape index (κ1) is 11.5. The Kier molecular flexibility index (Phi) is 3.49. The van der Waals surface area contributed by atoms with Crippen molar-refractivity contribution in [2.24, 2.45) is 11.7 Å². The highest BCUT2D eigenvalue weighted by Gasteiger charge is 2.19. The van der Waals surface area contributed by atoms with Gasteiger partial charge in [0.15, 0.2) is 0 Å². The number of ether oxygens (including phenoxy) is 1. The van der Waals surface area contributed by atoms with Gasteiger partial charge < -0.3 is 10.5 Å². The van der Waals surface area contributed by atoms with Gasteiger partial charge in [0.1, 0.15) is 5.75 Å². The van der Waals surface area contributed by atoms with Crippen LogP contribution in [0.2, 0.25) is 0 Å². The smallest absolute Gasteiger partial charge is 0.126 e. The van der Waals surface area contributed by atoms with E-state index in [1.165, 1.54) is 30.4 Å². The van der Waals surface area contributed by atoms with Gasteiger partial charge in [-0.2, -0.15) is 0 Å². The predicted molar refractivity (Wildman–Crippen MR) is 66.6 cm³/mol. The summed E-state index contributed by atoms with van der Waals surface area (Å²) in [6.45, 7) is 5.61. The van der Waals surface area contributed by atoms with Crippen molar-refractivity contribution in [1.29, 1.82) is 0 Å². The summed E-state index contributed by atoms with van der Waals surface area (Å²) in [6.07, 6.45) is 4.01. The van der Waals surface area contributed by atoms with Crippen molar-refractivity contribution in [2.75, 3.05) is 6.61 Å². The van der Waals surface area contributed by atoms with E-state index < -0.39 is 0 Å². The molecule has 0 amide bonds. The minimum absolute atomic E-state index is 0.558. The van der Waals surface area contributed by atoms with Gasteiger partial charge in [-0.15, -0.1) is 0 Å². The lowest BCUT2D eigenvalue weighted by Gasteiger charge is -2.26. The second-order valence-corrected chi connectivity index (χ2v) is 4.88. The lowest BCUT2D eigenvalue weighted by atomic mass is 9.86. The molecule has 16 heavy (non-hydrogen) atoms. The van der Waals surface area contributed by atoms with Crippen LogP contribution in [0.3, 0.4) is 0 Å². The van der Waals surface area contributed by atoms with Crippen molar-refractivity contribution >= 4 is 0 Å². The number of rotatable bonds is 4. The van der Waals surface area contributed by atoms with Gasteiger partial charge in [0.05, 0.1) is 6.61 Å². The van der Waals surface area contributed by atoms with Gasteiger partial charge >= 0.3 is 0 Å². The number of benzene rings is 1. The van der Waals surface area contributed by atoms with Crippen molar-refractivity contribution in [3.05, 3.63) is 28.8 Å². The number of aryl methyl sites for hydroxylation is 2. The highest BCUT2D eigenvalue weighted by atomic mass is 16.5. The molecular formula is C14H21NO. The first-order valence-electron chi connectivity index (χ1n) is 6.13. The second-order valence-electron chi connectivity index (χ2n) is 4.88. The van der Waals surface area contributed by atoms with Crippen LogP contribution in [0.1, 0.15) is 36.0 Å². The molecule has 1 saturated carbocycles. The van der Waals surface area contributed by atoms with E-state index in [2.05, 4.69) is 26.0 Å². The summed E-state index contributed by atoms with van der Waals surface area (Å²) >= 11 is 0. The molecule has 2 heteroatoms. The Morgan fingerprint density at radius 1 is 1.31 bits per heavy atom. The Balaban J connectivity index is 2.10. The molecule has 0 atom stereocenters. The summed E-state index contributed by atoms with van der Waals surface area (Å²) in [4.78, 5) is 0. The van der Waals surface area contributed by atoms with E-state index in [1.54, 1.807) is 0 Å². The van der Waals surface area contributed by atoms with Crippen molar-refractivity contribution in [3.8, 4) is 5.75 Å². The highest BCUT2D eigenvalue weighted by Crippen LogP contribution is 2.30. The molecule has 0 aromatic heterocycles. The summed E-state index contributed by atoms with van der Waals surface area (Å²) in [7, 11) is 0. The molecule has 1 fully saturated rings. The monoisotopic (exact) mass is 219 g/mol. The number of hydrogen-bond acceptors (Lipinski definition) is 2. The molecular weight excluding hydrogens is 198 g/mol. The van der Waals surface area contributed by atoms with Crippen LogP contribution in [0.4, 0.5) is 0 Å². The minimum atomic E-state index is 0.558. The lowest BCUT2D eigenvalue weighted by molar-refractivity contribution is 0.178. The van der Waals surface area contributed by atoms with E-state index in [-0.39, 0.29) is 0 Å². The molecule has 0 saturated heterocycles. The molecule has 0 spiro atoms. The molecule has 1 aromatic rings. The number of hydrogen-bond donors (Lipinski definition) is 1. The molecule has 1 aromatic carbocycles. The van der Waals surface area contributed by atoms with Crippen molar-refractivity contribution in [3.63, 3.8) is 0 Å². The topological polar surface area (TPSA) is 35.2 Å². The Bertz CT molecular complexity index is 369. The van der Waals surface area contributed by atoms with Crippen molar-refractivity contribution in [1.82, 2.24) is 0 Å². The van der Waals surface area contributed by atoms with Gasteiger partial charge in [0.2, 0.25) is 0 Å². The van der Waals surface area contributed by atoms with Crippen LogP contribution in [0.5, 0.6) is 5.75 Å². The summed E-state index contributed by atoms with van der Waals surface area (Å²) < 4.78 is 5.94. The Hall–Kier alpha value is -1.02. The number of nitrogens with two attached hydrogens (primary N) is 1. The molecule has 2 nitrogen and oxygen atoms in total. The maximum atomic E-state index is 5.94. The van der Waals surface area contributed by atoms with Crippen LogP contribution in [0, 0.1) is 19.8 Å². The summed E-state index contributed by atoms with van der Waals surface area (Å²) in [6, 6.07) is 4.29. The van der Waals surface area contributed by atoms with Crippen LogP contribution in [0.15, 0.2) is 12.1 Å². The van der Waals surface area contributed by atoms with E-state index in [0.29, 0.717) is 6.54 Å². The third-order valence-electron chi connectivity index (χ3n) is 3.40. The maximum Gasteiger partial charge on any atom is 0.126 e. The fraction of sp³-hybridized carbons (Fsp3) is 0.571. The van der Waals surface area contributed by atoms with Crippen LogP contribution < -0.4 is 10.5 Å². The SMILES string of the molecule is Cc1cc(C)c(OCC2CCC2)c(CN)c1. The predicted octanol–water partition coefficient (Wildman–Crippen LogP) is 2.94. The molecule has 1 aliphatic carbocycles. The first-order chi connectivity index (χ1) is 7.70.